The van der Waals surface area contributed by atoms with Gasteiger partial charge in [0.1, 0.15) is 16.5 Å². The molecule has 0 unspecified atom stereocenters. The zero-order chi connectivity index (χ0) is 12.8. The van der Waals surface area contributed by atoms with Gasteiger partial charge in [0.25, 0.3) is 0 Å². The highest BCUT2D eigenvalue weighted by Crippen LogP contribution is 2.29. The molecule has 0 amide bonds. The van der Waals surface area contributed by atoms with Crippen LogP contribution in [-0.4, -0.2) is 31.3 Å². The summed E-state index contributed by atoms with van der Waals surface area (Å²) in [5.74, 6) is 1.18. The van der Waals surface area contributed by atoms with Gasteiger partial charge in [0.2, 0.25) is 0 Å². The molecule has 0 saturated heterocycles. The number of methoxy groups -OCH3 is 1. The summed E-state index contributed by atoms with van der Waals surface area (Å²) >= 11 is 0. The first-order valence-corrected chi connectivity index (χ1v) is 6.95. The van der Waals surface area contributed by atoms with Crippen LogP contribution in [0.1, 0.15) is 5.82 Å². The lowest BCUT2D eigenvalue weighted by atomic mass is 10.3. The van der Waals surface area contributed by atoms with Crippen LogP contribution >= 0.6 is 0 Å². The topological polar surface area (TPSA) is 61.2 Å². The zero-order valence-electron chi connectivity index (χ0n) is 10.2. The second-order valence-corrected chi connectivity index (χ2v) is 5.97. The van der Waals surface area contributed by atoms with Crippen LogP contribution in [0.5, 0.6) is 5.75 Å². The van der Waals surface area contributed by atoms with Gasteiger partial charge in [-0.05, 0) is 13.0 Å². The van der Waals surface area contributed by atoms with Gasteiger partial charge in [-0.3, -0.25) is 0 Å². The van der Waals surface area contributed by atoms with Gasteiger partial charge in [-0.25, -0.2) is 13.4 Å². The van der Waals surface area contributed by atoms with Crippen LogP contribution in [0.15, 0.2) is 17.0 Å². The third-order valence-corrected chi connectivity index (χ3v) is 3.91. The Kier molecular flexibility index (Phi) is 2.61. The van der Waals surface area contributed by atoms with Gasteiger partial charge in [0.05, 0.1) is 18.1 Å². The molecular weight excluding hydrogens is 240 g/mol. The summed E-state index contributed by atoms with van der Waals surface area (Å²) in [6.45, 7) is 1.87. The van der Waals surface area contributed by atoms with E-state index in [9.17, 15) is 8.42 Å². The third-order valence-electron chi connectivity index (χ3n) is 2.79. The van der Waals surface area contributed by atoms with Crippen LogP contribution in [0.25, 0.3) is 11.0 Å². The van der Waals surface area contributed by atoms with E-state index in [1.165, 1.54) is 7.11 Å². The molecular formula is C11H14N2O3S. The molecule has 5 nitrogen and oxygen atoms in total. The van der Waals surface area contributed by atoms with Gasteiger partial charge in [-0.15, -0.1) is 0 Å². The van der Waals surface area contributed by atoms with Crippen molar-refractivity contribution < 1.29 is 13.2 Å². The van der Waals surface area contributed by atoms with Crippen molar-refractivity contribution in [2.24, 2.45) is 7.05 Å². The predicted molar refractivity (Wildman–Crippen MR) is 65.1 cm³/mol. The largest absolute Gasteiger partial charge is 0.495 e. The summed E-state index contributed by atoms with van der Waals surface area (Å²) in [7, 11) is 0.0217. The normalized spacial score (nSPS) is 12.0. The quantitative estimate of drug-likeness (QED) is 0.810. The first-order chi connectivity index (χ1) is 7.84. The zero-order valence-corrected chi connectivity index (χ0v) is 11.0. The van der Waals surface area contributed by atoms with E-state index >= 15 is 0 Å². The molecule has 6 heteroatoms. The standard InChI is InChI=1S/C11H14N2O3S/c1-7-12-8-5-11(17(4,14)15)10(16-3)6-9(8)13(7)2/h5-6H,1-4H3. The smallest absolute Gasteiger partial charge is 0.179 e. The lowest BCUT2D eigenvalue weighted by Gasteiger charge is -2.07. The van der Waals surface area contributed by atoms with Crippen LogP contribution in [0.2, 0.25) is 0 Å². The third kappa shape index (κ3) is 1.88. The molecule has 1 heterocycles. The number of aromatic nitrogens is 2. The Morgan fingerprint density at radius 3 is 2.53 bits per heavy atom. The molecule has 0 aliphatic heterocycles. The van der Waals surface area contributed by atoms with Crippen LogP contribution in [0, 0.1) is 6.92 Å². The molecule has 2 rings (SSSR count). The van der Waals surface area contributed by atoms with Crippen molar-refractivity contribution in [3.8, 4) is 5.75 Å². The fraction of sp³-hybridized carbons (Fsp3) is 0.364. The lowest BCUT2D eigenvalue weighted by molar-refractivity contribution is 0.403. The van der Waals surface area contributed by atoms with E-state index in [2.05, 4.69) is 4.98 Å². The molecule has 0 atom stereocenters. The summed E-state index contributed by atoms with van der Waals surface area (Å²) in [5.41, 5.74) is 1.51. The van der Waals surface area contributed by atoms with E-state index in [1.807, 2.05) is 18.5 Å². The first kappa shape index (κ1) is 11.9. The summed E-state index contributed by atoms with van der Waals surface area (Å²) in [4.78, 5) is 4.48. The second kappa shape index (κ2) is 3.73. The van der Waals surface area contributed by atoms with E-state index in [-0.39, 0.29) is 4.90 Å². The van der Waals surface area contributed by atoms with Crippen molar-refractivity contribution in [1.82, 2.24) is 9.55 Å². The Labute approximate surface area is 100.0 Å². The molecule has 0 radical (unpaired) electrons. The van der Waals surface area contributed by atoms with Gasteiger partial charge in [-0.1, -0.05) is 0 Å². The minimum atomic E-state index is -3.31. The maximum atomic E-state index is 11.6. The molecule has 1 aromatic heterocycles. The van der Waals surface area contributed by atoms with Gasteiger partial charge < -0.3 is 9.30 Å². The molecule has 0 fully saturated rings. The average Bonchev–Trinajstić information content (AvgIpc) is 2.52. The number of imidazole rings is 1. The molecule has 17 heavy (non-hydrogen) atoms. The number of fused-ring (bicyclic) bond motifs is 1. The maximum absolute atomic E-state index is 11.6. The van der Waals surface area contributed by atoms with Gasteiger partial charge in [-0.2, -0.15) is 0 Å². The number of rotatable bonds is 2. The molecule has 92 valence electrons. The highest BCUT2D eigenvalue weighted by atomic mass is 32.2. The number of aryl methyl sites for hydroxylation is 2. The van der Waals surface area contributed by atoms with Crippen molar-refractivity contribution in [2.45, 2.75) is 11.8 Å². The predicted octanol–water partition coefficient (Wildman–Crippen LogP) is 1.29. The molecule has 1 aromatic carbocycles. The average molecular weight is 254 g/mol. The van der Waals surface area contributed by atoms with Crippen LogP contribution in [0.4, 0.5) is 0 Å². The summed E-state index contributed by atoms with van der Waals surface area (Å²) in [6, 6.07) is 3.25. The lowest BCUT2D eigenvalue weighted by Crippen LogP contribution is -2.01. The number of hydrogen-bond donors (Lipinski definition) is 0. The Morgan fingerprint density at radius 2 is 2.00 bits per heavy atom. The van der Waals surface area contributed by atoms with E-state index in [0.29, 0.717) is 11.3 Å². The van der Waals surface area contributed by atoms with Crippen LogP contribution in [0.3, 0.4) is 0 Å². The SMILES string of the molecule is COc1cc2c(cc1S(C)(=O)=O)nc(C)n2C. The monoisotopic (exact) mass is 254 g/mol. The van der Waals surface area contributed by atoms with Crippen LogP contribution < -0.4 is 4.74 Å². The van der Waals surface area contributed by atoms with E-state index in [0.717, 1.165) is 17.6 Å². The Balaban J connectivity index is 2.87. The Hall–Kier alpha value is -1.56. The molecule has 0 spiro atoms. The fourth-order valence-corrected chi connectivity index (χ4v) is 2.60. The van der Waals surface area contributed by atoms with Gasteiger partial charge in [0.15, 0.2) is 9.84 Å². The van der Waals surface area contributed by atoms with Gasteiger partial charge >= 0.3 is 0 Å². The van der Waals surface area contributed by atoms with Crippen LogP contribution in [-0.2, 0) is 16.9 Å². The number of ether oxygens (including phenoxy) is 1. The molecule has 0 bridgehead atoms. The van der Waals surface area contributed by atoms with E-state index in [1.54, 1.807) is 12.1 Å². The van der Waals surface area contributed by atoms with Crippen molar-refractivity contribution in [3.63, 3.8) is 0 Å². The second-order valence-electron chi connectivity index (χ2n) is 3.98. The molecule has 0 aliphatic rings. The summed E-state index contributed by atoms with van der Waals surface area (Å²) in [6.07, 6.45) is 1.16. The van der Waals surface area contributed by atoms with Crippen molar-refractivity contribution >= 4 is 20.9 Å². The summed E-state index contributed by atoms with van der Waals surface area (Å²) < 4.78 is 30.3. The fourth-order valence-electron chi connectivity index (χ4n) is 1.77. The number of hydrogen-bond acceptors (Lipinski definition) is 4. The minimum Gasteiger partial charge on any atom is -0.495 e. The summed E-state index contributed by atoms with van der Waals surface area (Å²) in [5, 5.41) is 0. The number of benzene rings is 1. The first-order valence-electron chi connectivity index (χ1n) is 5.05. The maximum Gasteiger partial charge on any atom is 0.179 e. The Morgan fingerprint density at radius 1 is 1.35 bits per heavy atom. The van der Waals surface area contributed by atoms with Crippen molar-refractivity contribution in [3.05, 3.63) is 18.0 Å². The molecule has 0 saturated carbocycles. The molecule has 0 N–H and O–H groups in total. The molecule has 2 aromatic rings. The number of sulfone groups is 1. The minimum absolute atomic E-state index is 0.172. The van der Waals surface area contributed by atoms with Crippen molar-refractivity contribution in [2.75, 3.05) is 13.4 Å². The Bertz CT molecular complexity index is 686. The van der Waals surface area contributed by atoms with Crippen molar-refractivity contribution in [1.29, 1.82) is 0 Å². The van der Waals surface area contributed by atoms with E-state index in [4.69, 9.17) is 4.74 Å². The molecule has 0 aliphatic carbocycles. The van der Waals surface area contributed by atoms with E-state index < -0.39 is 9.84 Å². The number of nitrogens with zero attached hydrogens (tertiary/aromatic N) is 2. The highest BCUT2D eigenvalue weighted by molar-refractivity contribution is 7.90. The highest BCUT2D eigenvalue weighted by Gasteiger charge is 2.17. The van der Waals surface area contributed by atoms with Gasteiger partial charge in [0, 0.05) is 19.4 Å².